The molecule has 1 atom stereocenters. The molecule has 1 unspecified atom stereocenters. The molecule has 2 aromatic carbocycles. The lowest BCUT2D eigenvalue weighted by Crippen LogP contribution is -2.51. The zero-order valence-corrected chi connectivity index (χ0v) is 17.7. The second-order valence-electron chi connectivity index (χ2n) is 6.74. The van der Waals surface area contributed by atoms with Crippen LogP contribution in [0.3, 0.4) is 0 Å². The fourth-order valence-electron chi connectivity index (χ4n) is 2.56. The molecule has 0 spiro atoms. The highest BCUT2D eigenvalue weighted by Gasteiger charge is 2.28. The van der Waals surface area contributed by atoms with Gasteiger partial charge in [0.1, 0.15) is 24.2 Å². The summed E-state index contributed by atoms with van der Waals surface area (Å²) in [6.45, 7) is 4.33. The monoisotopic (exact) mass is 450 g/mol. The minimum atomic E-state index is -0.759. The second-order valence-corrected chi connectivity index (χ2v) is 7.65. The van der Waals surface area contributed by atoms with Gasteiger partial charge in [-0.05, 0) is 42.3 Å². The molecule has 0 heterocycles. The Labute approximate surface area is 173 Å². The van der Waals surface area contributed by atoms with E-state index in [9.17, 15) is 14.0 Å². The van der Waals surface area contributed by atoms with Gasteiger partial charge in [-0.3, -0.25) is 9.59 Å². The zero-order valence-electron chi connectivity index (χ0n) is 16.1. The van der Waals surface area contributed by atoms with E-state index >= 15 is 0 Å². The summed E-state index contributed by atoms with van der Waals surface area (Å²) in [5.41, 5.74) is -0.0813. The molecule has 0 aliphatic heterocycles. The Bertz CT molecular complexity index is 812. The van der Waals surface area contributed by atoms with Crippen LogP contribution in [-0.4, -0.2) is 43.0 Å². The molecule has 2 amide bonds. The quantitative estimate of drug-likeness (QED) is 0.663. The Hall–Kier alpha value is -2.41. The van der Waals surface area contributed by atoms with Gasteiger partial charge in [0.2, 0.25) is 5.91 Å². The van der Waals surface area contributed by atoms with Crippen molar-refractivity contribution in [3.8, 4) is 5.75 Å². The summed E-state index contributed by atoms with van der Waals surface area (Å²) < 4.78 is 20.4. The Morgan fingerprint density at radius 3 is 2.39 bits per heavy atom. The molecule has 2 rings (SSSR count). The van der Waals surface area contributed by atoms with E-state index in [0.717, 1.165) is 4.47 Å². The summed E-state index contributed by atoms with van der Waals surface area (Å²) in [6.07, 6.45) is 0. The van der Waals surface area contributed by atoms with Crippen molar-refractivity contribution in [2.24, 2.45) is 5.92 Å². The van der Waals surface area contributed by atoms with Gasteiger partial charge in [0.15, 0.2) is 0 Å². The summed E-state index contributed by atoms with van der Waals surface area (Å²) >= 11 is 3.36. The van der Waals surface area contributed by atoms with Crippen LogP contribution in [0.15, 0.2) is 53.0 Å². The Morgan fingerprint density at radius 1 is 1.14 bits per heavy atom. The van der Waals surface area contributed by atoms with Crippen molar-refractivity contribution in [2.45, 2.75) is 19.9 Å². The van der Waals surface area contributed by atoms with Crippen molar-refractivity contribution < 1.29 is 18.7 Å². The van der Waals surface area contributed by atoms with Crippen molar-refractivity contribution in [2.75, 3.05) is 20.2 Å². The highest BCUT2D eigenvalue weighted by Crippen LogP contribution is 2.16. The molecule has 150 valence electrons. The second kappa shape index (κ2) is 10.2. The van der Waals surface area contributed by atoms with Gasteiger partial charge < -0.3 is 15.0 Å². The summed E-state index contributed by atoms with van der Waals surface area (Å²) in [5, 5.41) is 2.65. The van der Waals surface area contributed by atoms with Gasteiger partial charge in [-0.25, -0.2) is 4.39 Å². The average molecular weight is 451 g/mol. The highest BCUT2D eigenvalue weighted by atomic mass is 79.9. The van der Waals surface area contributed by atoms with Crippen molar-refractivity contribution in [3.63, 3.8) is 0 Å². The summed E-state index contributed by atoms with van der Waals surface area (Å²) in [7, 11) is 1.65. The topological polar surface area (TPSA) is 58.6 Å². The van der Waals surface area contributed by atoms with Gasteiger partial charge in [0.25, 0.3) is 5.91 Å². The molecule has 28 heavy (non-hydrogen) atoms. The van der Waals surface area contributed by atoms with Gasteiger partial charge in [0.05, 0.1) is 12.1 Å². The maximum Gasteiger partial charge on any atom is 0.254 e. The summed E-state index contributed by atoms with van der Waals surface area (Å²) in [6, 6.07) is 12.3. The van der Waals surface area contributed by atoms with E-state index in [2.05, 4.69) is 21.2 Å². The molecular weight excluding hydrogens is 427 g/mol. The molecule has 0 bridgehead atoms. The minimum Gasteiger partial charge on any atom is -0.492 e. The van der Waals surface area contributed by atoms with Crippen molar-refractivity contribution in [1.82, 2.24) is 10.2 Å². The maximum absolute atomic E-state index is 13.8. The van der Waals surface area contributed by atoms with Crippen LogP contribution < -0.4 is 10.1 Å². The van der Waals surface area contributed by atoms with Crippen molar-refractivity contribution in [1.29, 1.82) is 0 Å². The Morgan fingerprint density at radius 2 is 1.79 bits per heavy atom. The summed E-state index contributed by atoms with van der Waals surface area (Å²) in [5.74, 6) is -0.926. The number of halogens is 2. The van der Waals surface area contributed by atoms with Gasteiger partial charge in [0, 0.05) is 11.5 Å². The molecule has 0 saturated heterocycles. The van der Waals surface area contributed by atoms with Gasteiger partial charge in [-0.15, -0.1) is 0 Å². The molecule has 0 aliphatic carbocycles. The molecule has 2 aromatic rings. The highest BCUT2D eigenvalue weighted by molar-refractivity contribution is 9.10. The first-order valence-electron chi connectivity index (χ1n) is 8.98. The third-order valence-corrected chi connectivity index (χ3v) is 4.75. The van der Waals surface area contributed by atoms with E-state index < -0.39 is 17.8 Å². The van der Waals surface area contributed by atoms with Crippen LogP contribution in [0.25, 0.3) is 0 Å². The number of hydrogen-bond donors (Lipinski definition) is 1. The molecule has 0 aliphatic rings. The summed E-state index contributed by atoms with van der Waals surface area (Å²) in [4.78, 5) is 26.7. The first kappa shape index (κ1) is 21.9. The molecule has 7 heteroatoms. The minimum absolute atomic E-state index is 0.0813. The van der Waals surface area contributed by atoms with Crippen LogP contribution in [0, 0.1) is 11.7 Å². The van der Waals surface area contributed by atoms with Crippen LogP contribution in [0.2, 0.25) is 0 Å². The molecule has 0 aromatic heterocycles. The van der Waals surface area contributed by atoms with Crippen molar-refractivity contribution in [3.05, 3.63) is 64.4 Å². The number of rotatable bonds is 8. The van der Waals surface area contributed by atoms with Gasteiger partial charge >= 0.3 is 0 Å². The molecule has 1 N–H and O–H groups in total. The van der Waals surface area contributed by atoms with Gasteiger partial charge in [-0.2, -0.15) is 0 Å². The zero-order chi connectivity index (χ0) is 20.7. The van der Waals surface area contributed by atoms with Gasteiger partial charge in [-0.1, -0.05) is 41.9 Å². The number of nitrogens with zero attached hydrogens (tertiary/aromatic N) is 1. The van der Waals surface area contributed by atoms with E-state index in [0.29, 0.717) is 18.9 Å². The number of benzene rings is 2. The lowest BCUT2D eigenvalue weighted by molar-refractivity contribution is -0.133. The average Bonchev–Trinajstić information content (AvgIpc) is 2.67. The largest absolute Gasteiger partial charge is 0.492 e. The number of ether oxygens (including phenoxy) is 1. The van der Waals surface area contributed by atoms with E-state index in [1.807, 2.05) is 38.1 Å². The van der Waals surface area contributed by atoms with E-state index in [4.69, 9.17) is 4.74 Å². The number of amides is 2. The molecule has 0 saturated carbocycles. The lowest BCUT2D eigenvalue weighted by atomic mass is 10.0. The number of nitrogens with one attached hydrogen (secondary N) is 1. The maximum atomic E-state index is 13.8. The fraction of sp³-hybridized carbons (Fsp3) is 0.333. The number of carbonyl (C=O) groups is 2. The third kappa shape index (κ3) is 6.05. The smallest absolute Gasteiger partial charge is 0.254 e. The SMILES string of the molecule is CC(C)C(NC(=O)c1ccccc1F)C(=O)N(C)CCOc1ccc(Br)cc1. The van der Waals surface area contributed by atoms with Crippen LogP contribution in [0.4, 0.5) is 4.39 Å². The fourth-order valence-corrected chi connectivity index (χ4v) is 2.82. The van der Waals surface area contributed by atoms with E-state index in [1.165, 1.54) is 23.1 Å². The van der Waals surface area contributed by atoms with Crippen molar-refractivity contribution >= 4 is 27.7 Å². The van der Waals surface area contributed by atoms with Crippen LogP contribution in [-0.2, 0) is 4.79 Å². The third-order valence-electron chi connectivity index (χ3n) is 4.22. The van der Waals surface area contributed by atoms with Crippen LogP contribution in [0.5, 0.6) is 5.75 Å². The molecule has 0 fully saturated rings. The first-order chi connectivity index (χ1) is 13.3. The predicted octanol–water partition coefficient (Wildman–Crippen LogP) is 3.88. The van der Waals surface area contributed by atoms with Crippen LogP contribution in [0.1, 0.15) is 24.2 Å². The van der Waals surface area contributed by atoms with E-state index in [1.54, 1.807) is 13.1 Å². The molecule has 5 nitrogen and oxygen atoms in total. The van der Waals surface area contributed by atoms with Crippen LogP contribution >= 0.6 is 15.9 Å². The number of hydrogen-bond acceptors (Lipinski definition) is 3. The lowest BCUT2D eigenvalue weighted by Gasteiger charge is -2.27. The standard InChI is InChI=1S/C21H24BrFN2O3/c1-14(2)19(24-20(26)17-6-4-5-7-18(17)23)21(27)25(3)12-13-28-16-10-8-15(22)9-11-16/h4-11,14,19H,12-13H2,1-3H3,(H,24,26). The Kier molecular flexibility index (Phi) is 7.99. The Balaban J connectivity index is 1.94. The van der Waals surface area contributed by atoms with E-state index in [-0.39, 0.29) is 17.4 Å². The number of carbonyl (C=O) groups excluding carboxylic acids is 2. The normalized spacial score (nSPS) is 11.8. The number of likely N-dealkylation sites (N-methyl/N-ethyl adjacent to an activating group) is 1. The molecular formula is C21H24BrFN2O3. The molecule has 0 radical (unpaired) electrons. The predicted molar refractivity (Wildman–Crippen MR) is 110 cm³/mol. The first-order valence-corrected chi connectivity index (χ1v) is 9.77.